The highest BCUT2D eigenvalue weighted by atomic mass is 35.5. The number of aromatic nitrogens is 1. The van der Waals surface area contributed by atoms with E-state index < -0.39 is 11.7 Å². The fourth-order valence-corrected chi connectivity index (χ4v) is 2.56. The van der Waals surface area contributed by atoms with E-state index >= 15 is 0 Å². The fourth-order valence-electron chi connectivity index (χ4n) is 2.23. The molecule has 124 valence electrons. The third kappa shape index (κ3) is 4.73. The van der Waals surface area contributed by atoms with Crippen LogP contribution in [0.25, 0.3) is 10.9 Å². The molecular weight excluding hydrogens is 314 g/mol. The molecule has 2 N–H and O–H groups in total. The Labute approximate surface area is 141 Å². The van der Waals surface area contributed by atoms with Gasteiger partial charge in [-0.15, -0.1) is 0 Å². The van der Waals surface area contributed by atoms with Crippen LogP contribution in [0.15, 0.2) is 24.4 Å². The molecule has 0 atom stereocenters. The normalized spacial score (nSPS) is 11.3. The highest BCUT2D eigenvalue weighted by Crippen LogP contribution is 2.32. The zero-order valence-electron chi connectivity index (χ0n) is 13.9. The van der Waals surface area contributed by atoms with Crippen molar-refractivity contribution in [3.05, 3.63) is 35.0 Å². The van der Waals surface area contributed by atoms with Crippen LogP contribution in [-0.2, 0) is 4.74 Å². The number of aryl methyl sites for hydroxylation is 1. The number of fused-ring (bicyclic) bond motifs is 1. The standard InChI is InChI=1S/C17H22ClN3O2/c1-11-10-13(18)15(12-6-5-7-19-14(11)12)20-8-9-21-16(22)23-17(2,3)4/h5-7,10,20H,8-9H2,1-4H3,(H,21,22). The monoisotopic (exact) mass is 335 g/mol. The van der Waals surface area contributed by atoms with Crippen LogP contribution < -0.4 is 10.6 Å². The minimum Gasteiger partial charge on any atom is -0.444 e. The Hall–Kier alpha value is -2.01. The minimum atomic E-state index is -0.500. The first-order valence-electron chi connectivity index (χ1n) is 7.52. The molecule has 0 saturated carbocycles. The van der Waals surface area contributed by atoms with Crippen LogP contribution in [0.4, 0.5) is 10.5 Å². The van der Waals surface area contributed by atoms with Gasteiger partial charge in [0, 0.05) is 24.7 Å². The predicted octanol–water partition coefficient (Wildman–Crippen LogP) is 4.13. The van der Waals surface area contributed by atoms with Gasteiger partial charge in [0.15, 0.2) is 0 Å². The second-order valence-electron chi connectivity index (χ2n) is 6.31. The van der Waals surface area contributed by atoms with Gasteiger partial charge in [0.25, 0.3) is 0 Å². The van der Waals surface area contributed by atoms with E-state index in [9.17, 15) is 4.79 Å². The third-order valence-corrected chi connectivity index (χ3v) is 3.43. The summed E-state index contributed by atoms with van der Waals surface area (Å²) in [4.78, 5) is 16.0. The van der Waals surface area contributed by atoms with Crippen LogP contribution in [0.1, 0.15) is 26.3 Å². The van der Waals surface area contributed by atoms with Gasteiger partial charge >= 0.3 is 6.09 Å². The summed E-state index contributed by atoms with van der Waals surface area (Å²) >= 11 is 6.33. The van der Waals surface area contributed by atoms with E-state index in [1.807, 2.05) is 45.9 Å². The maximum absolute atomic E-state index is 11.6. The number of carbonyl (C=O) groups is 1. The molecule has 1 aromatic heterocycles. The topological polar surface area (TPSA) is 63.2 Å². The summed E-state index contributed by atoms with van der Waals surface area (Å²) in [5.74, 6) is 0. The zero-order chi connectivity index (χ0) is 17.0. The molecule has 6 heteroatoms. The average Bonchev–Trinajstić information content (AvgIpc) is 2.44. The molecule has 0 unspecified atom stereocenters. The molecule has 2 aromatic rings. The van der Waals surface area contributed by atoms with E-state index in [0.717, 1.165) is 22.2 Å². The molecule has 0 saturated heterocycles. The van der Waals surface area contributed by atoms with E-state index in [-0.39, 0.29) is 0 Å². The van der Waals surface area contributed by atoms with Crippen molar-refractivity contribution < 1.29 is 9.53 Å². The van der Waals surface area contributed by atoms with Crippen molar-refractivity contribution in [3.63, 3.8) is 0 Å². The Morgan fingerprint density at radius 3 is 2.78 bits per heavy atom. The molecule has 0 spiro atoms. The highest BCUT2D eigenvalue weighted by Gasteiger charge is 2.15. The number of nitrogens with one attached hydrogen (secondary N) is 2. The fraction of sp³-hybridized carbons (Fsp3) is 0.412. The first kappa shape index (κ1) is 17.3. The summed E-state index contributed by atoms with van der Waals surface area (Å²) in [5, 5.41) is 7.57. The predicted molar refractivity (Wildman–Crippen MR) is 94.2 cm³/mol. The molecule has 0 aliphatic heterocycles. The summed E-state index contributed by atoms with van der Waals surface area (Å²) in [6.45, 7) is 8.43. The molecule has 0 fully saturated rings. The van der Waals surface area contributed by atoms with Gasteiger partial charge in [-0.05, 0) is 51.5 Å². The van der Waals surface area contributed by atoms with Gasteiger partial charge in [-0.2, -0.15) is 0 Å². The number of hydrogen-bond donors (Lipinski definition) is 2. The molecule has 0 radical (unpaired) electrons. The lowest BCUT2D eigenvalue weighted by Crippen LogP contribution is -2.35. The average molecular weight is 336 g/mol. The van der Waals surface area contributed by atoms with Crippen molar-refractivity contribution in [2.75, 3.05) is 18.4 Å². The van der Waals surface area contributed by atoms with Crippen LogP contribution >= 0.6 is 11.6 Å². The van der Waals surface area contributed by atoms with Crippen molar-refractivity contribution in [1.29, 1.82) is 0 Å². The van der Waals surface area contributed by atoms with Crippen molar-refractivity contribution in [2.45, 2.75) is 33.3 Å². The summed E-state index contributed by atoms with van der Waals surface area (Å²) in [6, 6.07) is 5.74. The molecule has 0 aliphatic rings. The largest absolute Gasteiger partial charge is 0.444 e. The molecule has 23 heavy (non-hydrogen) atoms. The molecular formula is C17H22ClN3O2. The molecule has 2 rings (SSSR count). The van der Waals surface area contributed by atoms with Crippen LogP contribution in [0.5, 0.6) is 0 Å². The summed E-state index contributed by atoms with van der Waals surface area (Å²) in [6.07, 6.45) is 1.33. The van der Waals surface area contributed by atoms with Gasteiger partial charge in [-0.1, -0.05) is 11.6 Å². The van der Waals surface area contributed by atoms with Crippen LogP contribution in [0.2, 0.25) is 5.02 Å². The van der Waals surface area contributed by atoms with E-state index in [4.69, 9.17) is 16.3 Å². The van der Waals surface area contributed by atoms with Gasteiger partial charge < -0.3 is 15.4 Å². The number of rotatable bonds is 4. The van der Waals surface area contributed by atoms with Crippen molar-refractivity contribution >= 4 is 34.3 Å². The lowest BCUT2D eigenvalue weighted by molar-refractivity contribution is 0.0530. The van der Waals surface area contributed by atoms with Gasteiger partial charge in [0.1, 0.15) is 5.60 Å². The van der Waals surface area contributed by atoms with E-state index in [1.54, 1.807) is 6.20 Å². The number of pyridine rings is 1. The zero-order valence-corrected chi connectivity index (χ0v) is 14.6. The maximum atomic E-state index is 11.6. The summed E-state index contributed by atoms with van der Waals surface area (Å²) in [5.41, 5.74) is 2.27. The molecule has 0 aliphatic carbocycles. The second kappa shape index (κ2) is 7.04. The van der Waals surface area contributed by atoms with Gasteiger partial charge in [-0.3, -0.25) is 4.98 Å². The number of benzene rings is 1. The molecule has 1 aromatic carbocycles. The van der Waals surface area contributed by atoms with Crippen LogP contribution in [0, 0.1) is 6.92 Å². The first-order valence-corrected chi connectivity index (χ1v) is 7.90. The number of carbonyl (C=O) groups excluding carboxylic acids is 1. The van der Waals surface area contributed by atoms with E-state index in [2.05, 4.69) is 15.6 Å². The quantitative estimate of drug-likeness (QED) is 0.824. The van der Waals surface area contributed by atoms with E-state index in [1.165, 1.54) is 0 Å². The Morgan fingerprint density at radius 2 is 2.09 bits per heavy atom. The lowest BCUT2D eigenvalue weighted by atomic mass is 10.1. The molecule has 0 bridgehead atoms. The van der Waals surface area contributed by atoms with Gasteiger partial charge in [-0.25, -0.2) is 4.79 Å². The number of alkyl carbamates (subject to hydrolysis) is 1. The Bertz CT molecular complexity index is 711. The Kier molecular flexibility index (Phi) is 5.31. The third-order valence-electron chi connectivity index (χ3n) is 3.13. The number of amides is 1. The molecule has 1 amide bonds. The second-order valence-corrected chi connectivity index (χ2v) is 6.71. The number of nitrogens with zero attached hydrogens (tertiary/aromatic N) is 1. The minimum absolute atomic E-state index is 0.430. The molecule has 5 nitrogen and oxygen atoms in total. The highest BCUT2D eigenvalue weighted by molar-refractivity contribution is 6.35. The SMILES string of the molecule is Cc1cc(Cl)c(NCCNC(=O)OC(C)(C)C)c2cccnc12. The number of hydrogen-bond acceptors (Lipinski definition) is 4. The van der Waals surface area contributed by atoms with E-state index in [0.29, 0.717) is 18.1 Å². The smallest absolute Gasteiger partial charge is 0.407 e. The lowest BCUT2D eigenvalue weighted by Gasteiger charge is -2.20. The van der Waals surface area contributed by atoms with Crippen molar-refractivity contribution in [3.8, 4) is 0 Å². The van der Waals surface area contributed by atoms with Gasteiger partial charge in [0.2, 0.25) is 0 Å². The Balaban J connectivity index is 1.99. The molecule has 1 heterocycles. The maximum Gasteiger partial charge on any atom is 0.407 e. The van der Waals surface area contributed by atoms with Crippen molar-refractivity contribution in [2.24, 2.45) is 0 Å². The number of anilines is 1. The first-order chi connectivity index (χ1) is 10.8. The van der Waals surface area contributed by atoms with Crippen LogP contribution in [0.3, 0.4) is 0 Å². The summed E-state index contributed by atoms with van der Waals surface area (Å²) < 4.78 is 5.19. The summed E-state index contributed by atoms with van der Waals surface area (Å²) in [7, 11) is 0. The van der Waals surface area contributed by atoms with Crippen LogP contribution in [-0.4, -0.2) is 29.8 Å². The van der Waals surface area contributed by atoms with Gasteiger partial charge in [0.05, 0.1) is 16.2 Å². The van der Waals surface area contributed by atoms with Crippen molar-refractivity contribution in [1.82, 2.24) is 10.3 Å². The number of halogens is 1. The Morgan fingerprint density at radius 1 is 1.35 bits per heavy atom. The number of ether oxygens (including phenoxy) is 1.